The SMILES string of the molecule is Nc1ccc(OCC(=O)OCCCCCO)cc1. The topological polar surface area (TPSA) is 81.8 Å². The lowest BCUT2D eigenvalue weighted by Crippen LogP contribution is -2.15. The molecule has 5 heteroatoms. The highest BCUT2D eigenvalue weighted by atomic mass is 16.6. The quantitative estimate of drug-likeness (QED) is 0.415. The van der Waals surface area contributed by atoms with E-state index in [0.717, 1.165) is 19.3 Å². The summed E-state index contributed by atoms with van der Waals surface area (Å²) in [6.07, 6.45) is 2.34. The van der Waals surface area contributed by atoms with Crippen molar-refractivity contribution >= 4 is 11.7 Å². The lowest BCUT2D eigenvalue weighted by atomic mass is 10.2. The van der Waals surface area contributed by atoms with E-state index in [-0.39, 0.29) is 13.2 Å². The van der Waals surface area contributed by atoms with Crippen molar-refractivity contribution in [2.45, 2.75) is 19.3 Å². The van der Waals surface area contributed by atoms with Gasteiger partial charge in [-0.1, -0.05) is 0 Å². The summed E-state index contributed by atoms with van der Waals surface area (Å²) in [5, 5.41) is 8.57. The Kier molecular flexibility index (Phi) is 6.64. The molecule has 0 aliphatic carbocycles. The summed E-state index contributed by atoms with van der Waals surface area (Å²) in [6, 6.07) is 6.80. The molecule has 0 saturated heterocycles. The largest absolute Gasteiger partial charge is 0.482 e. The molecule has 0 unspecified atom stereocenters. The smallest absolute Gasteiger partial charge is 0.344 e. The Bertz CT molecular complexity index is 351. The highest BCUT2D eigenvalue weighted by Gasteiger charge is 2.03. The van der Waals surface area contributed by atoms with Gasteiger partial charge in [-0.25, -0.2) is 4.79 Å². The van der Waals surface area contributed by atoms with Crippen molar-refractivity contribution in [3.8, 4) is 5.75 Å². The average molecular weight is 253 g/mol. The summed E-state index contributed by atoms with van der Waals surface area (Å²) >= 11 is 0. The molecule has 1 rings (SSSR count). The Labute approximate surface area is 107 Å². The van der Waals surface area contributed by atoms with Crippen LogP contribution in [0.25, 0.3) is 0 Å². The molecule has 0 atom stereocenters. The molecule has 5 nitrogen and oxygen atoms in total. The normalized spacial score (nSPS) is 10.1. The van der Waals surface area contributed by atoms with E-state index in [0.29, 0.717) is 18.0 Å². The van der Waals surface area contributed by atoms with Crippen LogP contribution in [-0.2, 0) is 9.53 Å². The van der Waals surface area contributed by atoms with E-state index < -0.39 is 5.97 Å². The number of ether oxygens (including phenoxy) is 2. The highest BCUT2D eigenvalue weighted by molar-refractivity contribution is 5.71. The van der Waals surface area contributed by atoms with Gasteiger partial charge in [-0.3, -0.25) is 0 Å². The molecule has 0 spiro atoms. The zero-order valence-electron chi connectivity index (χ0n) is 10.3. The number of anilines is 1. The van der Waals surface area contributed by atoms with Gasteiger partial charge in [0, 0.05) is 12.3 Å². The van der Waals surface area contributed by atoms with Gasteiger partial charge in [0.25, 0.3) is 0 Å². The van der Waals surface area contributed by atoms with Gasteiger partial charge in [0.15, 0.2) is 6.61 Å². The second-order valence-corrected chi connectivity index (χ2v) is 3.86. The van der Waals surface area contributed by atoms with Gasteiger partial charge in [-0.2, -0.15) is 0 Å². The van der Waals surface area contributed by atoms with Crippen LogP contribution in [0.1, 0.15) is 19.3 Å². The van der Waals surface area contributed by atoms with Crippen LogP contribution >= 0.6 is 0 Å². The standard InChI is InChI=1S/C13H19NO4/c14-11-4-6-12(7-5-11)18-10-13(16)17-9-3-1-2-8-15/h4-7,15H,1-3,8-10,14H2. The van der Waals surface area contributed by atoms with Crippen LogP contribution in [-0.4, -0.2) is 30.9 Å². The molecule has 0 aromatic heterocycles. The molecular formula is C13H19NO4. The number of carbonyl (C=O) groups excluding carboxylic acids is 1. The monoisotopic (exact) mass is 253 g/mol. The van der Waals surface area contributed by atoms with Crippen molar-refractivity contribution in [2.75, 3.05) is 25.6 Å². The summed E-state index contributed by atoms with van der Waals surface area (Å²) in [5.74, 6) is 0.192. The molecule has 0 aliphatic heterocycles. The first-order chi connectivity index (χ1) is 8.72. The third-order valence-electron chi connectivity index (χ3n) is 2.30. The van der Waals surface area contributed by atoms with Gasteiger partial charge < -0.3 is 20.3 Å². The van der Waals surface area contributed by atoms with Crippen LogP contribution < -0.4 is 10.5 Å². The van der Waals surface area contributed by atoms with Crippen LogP contribution in [0.4, 0.5) is 5.69 Å². The number of esters is 1. The number of nitrogen functional groups attached to an aromatic ring is 1. The maximum absolute atomic E-state index is 11.3. The molecule has 100 valence electrons. The number of carbonyl (C=O) groups is 1. The lowest BCUT2D eigenvalue weighted by molar-refractivity contribution is -0.146. The van der Waals surface area contributed by atoms with Crippen LogP contribution in [0.2, 0.25) is 0 Å². The summed E-state index contributed by atoms with van der Waals surface area (Å²) < 4.78 is 10.2. The van der Waals surface area contributed by atoms with Gasteiger partial charge in [-0.05, 0) is 43.5 Å². The first kappa shape index (κ1) is 14.3. The van der Waals surface area contributed by atoms with Crippen LogP contribution in [0, 0.1) is 0 Å². The molecule has 1 aromatic rings. The summed E-state index contributed by atoms with van der Waals surface area (Å²) in [7, 11) is 0. The minimum Gasteiger partial charge on any atom is -0.482 e. The lowest BCUT2D eigenvalue weighted by Gasteiger charge is -2.07. The molecule has 18 heavy (non-hydrogen) atoms. The summed E-state index contributed by atoms with van der Waals surface area (Å²) in [6.45, 7) is 0.433. The molecule has 0 radical (unpaired) electrons. The molecule has 0 fully saturated rings. The van der Waals surface area contributed by atoms with Gasteiger partial charge in [0.05, 0.1) is 6.61 Å². The molecule has 3 N–H and O–H groups in total. The fraction of sp³-hybridized carbons (Fsp3) is 0.462. The van der Waals surface area contributed by atoms with E-state index in [1.807, 2.05) is 0 Å². The number of benzene rings is 1. The Morgan fingerprint density at radius 3 is 2.56 bits per heavy atom. The Hall–Kier alpha value is -1.75. The van der Waals surface area contributed by atoms with Crippen molar-refractivity contribution in [2.24, 2.45) is 0 Å². The van der Waals surface area contributed by atoms with Crippen molar-refractivity contribution in [1.82, 2.24) is 0 Å². The predicted molar refractivity (Wildman–Crippen MR) is 68.2 cm³/mol. The third-order valence-corrected chi connectivity index (χ3v) is 2.30. The van der Waals surface area contributed by atoms with E-state index in [1.54, 1.807) is 24.3 Å². The van der Waals surface area contributed by atoms with Crippen molar-refractivity contribution in [3.05, 3.63) is 24.3 Å². The van der Waals surface area contributed by atoms with E-state index in [2.05, 4.69) is 0 Å². The minimum atomic E-state index is -0.393. The number of aliphatic hydroxyl groups excluding tert-OH is 1. The number of aliphatic hydroxyl groups is 1. The Balaban J connectivity index is 2.11. The van der Waals surface area contributed by atoms with E-state index >= 15 is 0 Å². The molecule has 1 aromatic carbocycles. The first-order valence-corrected chi connectivity index (χ1v) is 5.97. The van der Waals surface area contributed by atoms with E-state index in [9.17, 15) is 4.79 Å². The summed E-state index contributed by atoms with van der Waals surface area (Å²) in [4.78, 5) is 11.3. The number of rotatable bonds is 8. The first-order valence-electron chi connectivity index (χ1n) is 5.97. The molecular weight excluding hydrogens is 234 g/mol. The van der Waals surface area contributed by atoms with Crippen LogP contribution in [0.5, 0.6) is 5.75 Å². The van der Waals surface area contributed by atoms with E-state index in [1.165, 1.54) is 0 Å². The van der Waals surface area contributed by atoms with Gasteiger partial charge in [-0.15, -0.1) is 0 Å². The average Bonchev–Trinajstić information content (AvgIpc) is 2.38. The second kappa shape index (κ2) is 8.36. The number of unbranched alkanes of at least 4 members (excludes halogenated alkanes) is 2. The zero-order chi connectivity index (χ0) is 13.2. The Morgan fingerprint density at radius 1 is 1.17 bits per heavy atom. The van der Waals surface area contributed by atoms with Crippen molar-refractivity contribution in [1.29, 1.82) is 0 Å². The maximum Gasteiger partial charge on any atom is 0.344 e. The second-order valence-electron chi connectivity index (χ2n) is 3.86. The molecule has 0 bridgehead atoms. The van der Waals surface area contributed by atoms with Crippen LogP contribution in [0.15, 0.2) is 24.3 Å². The third kappa shape index (κ3) is 6.10. The fourth-order valence-corrected chi connectivity index (χ4v) is 1.32. The minimum absolute atomic E-state index is 0.107. The van der Waals surface area contributed by atoms with Gasteiger partial charge in [0.1, 0.15) is 5.75 Å². The fourth-order valence-electron chi connectivity index (χ4n) is 1.32. The molecule has 0 aliphatic rings. The zero-order valence-corrected chi connectivity index (χ0v) is 10.3. The Morgan fingerprint density at radius 2 is 1.89 bits per heavy atom. The molecule has 0 saturated carbocycles. The maximum atomic E-state index is 11.3. The van der Waals surface area contributed by atoms with Gasteiger partial charge in [0.2, 0.25) is 0 Å². The number of hydrogen-bond acceptors (Lipinski definition) is 5. The number of hydrogen-bond donors (Lipinski definition) is 2. The van der Waals surface area contributed by atoms with Crippen molar-refractivity contribution in [3.63, 3.8) is 0 Å². The molecule has 0 heterocycles. The predicted octanol–water partition coefficient (Wildman–Crippen LogP) is 1.35. The van der Waals surface area contributed by atoms with E-state index in [4.69, 9.17) is 20.3 Å². The van der Waals surface area contributed by atoms with Crippen molar-refractivity contribution < 1.29 is 19.4 Å². The van der Waals surface area contributed by atoms with Crippen LogP contribution in [0.3, 0.4) is 0 Å². The van der Waals surface area contributed by atoms with Gasteiger partial charge >= 0.3 is 5.97 Å². The highest BCUT2D eigenvalue weighted by Crippen LogP contribution is 2.12. The summed E-state index contributed by atoms with van der Waals surface area (Å²) in [5.41, 5.74) is 6.17. The molecule has 0 amide bonds. The number of nitrogens with two attached hydrogens (primary N) is 1.